The highest BCUT2D eigenvalue weighted by molar-refractivity contribution is 6.59. The number of rotatable bonds is 7. The summed E-state index contributed by atoms with van der Waals surface area (Å²) in [5, 5.41) is 24.0. The molecular weight excluding hydrogens is 275 g/mol. The van der Waals surface area contributed by atoms with Crippen molar-refractivity contribution in [1.29, 1.82) is 0 Å². The lowest BCUT2D eigenvalue weighted by molar-refractivity contribution is -0.144. The van der Waals surface area contributed by atoms with Crippen LogP contribution in [0.15, 0.2) is 12.4 Å². The van der Waals surface area contributed by atoms with Gasteiger partial charge in [0.15, 0.2) is 0 Å². The SMILES string of the molecule is CCOC(=O)Cn1cc(B(O)OC(C)(C)C(C)(C)O)cn1. The van der Waals surface area contributed by atoms with Crippen molar-refractivity contribution in [2.75, 3.05) is 6.61 Å². The van der Waals surface area contributed by atoms with Gasteiger partial charge < -0.3 is 19.5 Å². The van der Waals surface area contributed by atoms with Crippen LogP contribution in [0.25, 0.3) is 0 Å². The predicted molar refractivity (Wildman–Crippen MR) is 77.9 cm³/mol. The third-order valence-corrected chi connectivity index (χ3v) is 3.41. The number of carbonyl (C=O) groups is 1. The van der Waals surface area contributed by atoms with Gasteiger partial charge in [-0.25, -0.2) is 0 Å². The second-order valence-corrected chi connectivity index (χ2v) is 5.82. The summed E-state index contributed by atoms with van der Waals surface area (Å²) in [6.45, 7) is 8.56. The monoisotopic (exact) mass is 298 g/mol. The molecule has 118 valence electrons. The first-order valence-corrected chi connectivity index (χ1v) is 6.83. The maximum absolute atomic E-state index is 11.3. The molecule has 0 saturated carbocycles. The number of hydrogen-bond donors (Lipinski definition) is 2. The molecule has 0 fully saturated rings. The molecule has 0 aliphatic rings. The van der Waals surface area contributed by atoms with Gasteiger partial charge in [-0.05, 0) is 34.6 Å². The van der Waals surface area contributed by atoms with Crippen LogP contribution in [0, 0.1) is 0 Å². The molecule has 1 aromatic rings. The standard InChI is InChI=1S/C13H23BN2O5/c1-6-20-11(17)9-16-8-10(7-15-16)14(19)21-13(4,5)12(2,3)18/h7-8,18-19H,6,9H2,1-5H3. The lowest BCUT2D eigenvalue weighted by Crippen LogP contribution is -2.53. The lowest BCUT2D eigenvalue weighted by Gasteiger charge is -2.38. The van der Waals surface area contributed by atoms with Crippen molar-refractivity contribution in [1.82, 2.24) is 9.78 Å². The highest BCUT2D eigenvalue weighted by Crippen LogP contribution is 2.25. The van der Waals surface area contributed by atoms with Gasteiger partial charge in [-0.2, -0.15) is 5.10 Å². The van der Waals surface area contributed by atoms with Crippen molar-refractivity contribution in [3.05, 3.63) is 12.4 Å². The maximum atomic E-state index is 11.3. The molecule has 7 nitrogen and oxygen atoms in total. The molecule has 0 unspecified atom stereocenters. The van der Waals surface area contributed by atoms with Gasteiger partial charge in [-0.15, -0.1) is 0 Å². The molecule has 8 heteroatoms. The van der Waals surface area contributed by atoms with E-state index in [2.05, 4.69) is 5.10 Å². The van der Waals surface area contributed by atoms with Crippen molar-refractivity contribution in [2.45, 2.75) is 52.4 Å². The van der Waals surface area contributed by atoms with E-state index < -0.39 is 24.3 Å². The average molecular weight is 298 g/mol. The van der Waals surface area contributed by atoms with Crippen LogP contribution in [0.2, 0.25) is 0 Å². The van der Waals surface area contributed by atoms with Crippen LogP contribution >= 0.6 is 0 Å². The molecule has 1 rings (SSSR count). The second-order valence-electron chi connectivity index (χ2n) is 5.82. The Morgan fingerprint density at radius 2 is 2.05 bits per heavy atom. The van der Waals surface area contributed by atoms with Crippen molar-refractivity contribution in [3.8, 4) is 0 Å². The zero-order valence-electron chi connectivity index (χ0n) is 13.2. The number of aliphatic hydroxyl groups is 1. The summed E-state index contributed by atoms with van der Waals surface area (Å²) < 4.78 is 11.7. The van der Waals surface area contributed by atoms with E-state index in [9.17, 15) is 14.9 Å². The van der Waals surface area contributed by atoms with Crippen LogP contribution in [0.4, 0.5) is 0 Å². The van der Waals surface area contributed by atoms with Crippen LogP contribution in [-0.4, -0.2) is 50.8 Å². The Kier molecular flexibility index (Phi) is 5.55. The predicted octanol–water partition coefficient (Wildman–Crippen LogP) is -0.300. The molecule has 0 aromatic carbocycles. The minimum absolute atomic E-state index is 0.0323. The Bertz CT molecular complexity index is 481. The molecule has 0 amide bonds. The molecule has 0 atom stereocenters. The average Bonchev–Trinajstić information content (AvgIpc) is 2.75. The summed E-state index contributed by atoms with van der Waals surface area (Å²) in [5.41, 5.74) is -1.69. The van der Waals surface area contributed by atoms with Gasteiger partial charge in [0, 0.05) is 17.9 Å². The summed E-state index contributed by atoms with van der Waals surface area (Å²) in [7, 11) is -1.25. The van der Waals surface area contributed by atoms with E-state index in [0.29, 0.717) is 12.1 Å². The first-order chi connectivity index (χ1) is 9.56. The first kappa shape index (κ1) is 17.7. The number of hydrogen-bond acceptors (Lipinski definition) is 6. The normalized spacial score (nSPS) is 12.3. The maximum Gasteiger partial charge on any atom is 0.494 e. The summed E-state index contributed by atoms with van der Waals surface area (Å²) >= 11 is 0. The largest absolute Gasteiger partial charge is 0.494 e. The van der Waals surface area contributed by atoms with Gasteiger partial charge >= 0.3 is 13.1 Å². The second kappa shape index (κ2) is 6.59. The van der Waals surface area contributed by atoms with E-state index in [1.807, 2.05) is 0 Å². The minimum atomic E-state index is -1.25. The van der Waals surface area contributed by atoms with Gasteiger partial charge in [0.1, 0.15) is 6.54 Å². The fraction of sp³-hybridized carbons (Fsp3) is 0.692. The van der Waals surface area contributed by atoms with Crippen LogP contribution in [-0.2, 0) is 20.7 Å². The van der Waals surface area contributed by atoms with E-state index in [0.717, 1.165) is 0 Å². The Morgan fingerprint density at radius 3 is 2.57 bits per heavy atom. The summed E-state index contributed by atoms with van der Waals surface area (Å²) in [6.07, 6.45) is 2.91. The van der Waals surface area contributed by atoms with E-state index in [1.165, 1.54) is 17.1 Å². The van der Waals surface area contributed by atoms with Crippen molar-refractivity contribution in [2.24, 2.45) is 0 Å². The molecule has 0 bridgehead atoms. The lowest BCUT2D eigenvalue weighted by atomic mass is 9.78. The zero-order valence-corrected chi connectivity index (χ0v) is 13.2. The Hall–Kier alpha value is -1.38. The van der Waals surface area contributed by atoms with Crippen molar-refractivity contribution < 1.29 is 24.3 Å². The molecule has 0 spiro atoms. The van der Waals surface area contributed by atoms with Crippen molar-refractivity contribution >= 4 is 18.6 Å². The quantitative estimate of drug-likeness (QED) is 0.530. The van der Waals surface area contributed by atoms with Gasteiger partial charge in [0.25, 0.3) is 0 Å². The Morgan fingerprint density at radius 1 is 1.43 bits per heavy atom. The van der Waals surface area contributed by atoms with E-state index in [4.69, 9.17) is 9.39 Å². The van der Waals surface area contributed by atoms with Gasteiger partial charge in [0.2, 0.25) is 0 Å². The Labute approximate surface area is 125 Å². The number of nitrogens with zero attached hydrogens (tertiary/aromatic N) is 2. The van der Waals surface area contributed by atoms with Crippen LogP contribution in [0.1, 0.15) is 34.6 Å². The Balaban J connectivity index is 2.70. The van der Waals surface area contributed by atoms with Crippen LogP contribution < -0.4 is 5.46 Å². The molecule has 1 heterocycles. The van der Waals surface area contributed by atoms with E-state index >= 15 is 0 Å². The molecule has 1 aromatic heterocycles. The summed E-state index contributed by atoms with van der Waals surface area (Å²) in [4.78, 5) is 11.3. The molecule has 0 saturated heterocycles. The van der Waals surface area contributed by atoms with E-state index in [1.54, 1.807) is 34.6 Å². The smallest absolute Gasteiger partial charge is 0.465 e. The van der Waals surface area contributed by atoms with Crippen molar-refractivity contribution in [3.63, 3.8) is 0 Å². The molecule has 0 radical (unpaired) electrons. The molecule has 0 aliphatic heterocycles. The summed E-state index contributed by atoms with van der Waals surface area (Å²) in [5.74, 6) is -0.403. The van der Waals surface area contributed by atoms with Gasteiger partial charge in [-0.1, -0.05) is 0 Å². The number of carbonyl (C=O) groups excluding carboxylic acids is 1. The topological polar surface area (TPSA) is 93.8 Å². The number of ether oxygens (including phenoxy) is 1. The van der Waals surface area contributed by atoms with Crippen LogP contribution in [0.3, 0.4) is 0 Å². The molecule has 21 heavy (non-hydrogen) atoms. The highest BCUT2D eigenvalue weighted by Gasteiger charge is 2.39. The summed E-state index contributed by atoms with van der Waals surface area (Å²) in [6, 6.07) is 0. The molecular formula is C13H23BN2O5. The fourth-order valence-electron chi connectivity index (χ4n) is 1.42. The van der Waals surface area contributed by atoms with Crippen LogP contribution in [0.5, 0.6) is 0 Å². The third kappa shape index (κ3) is 4.84. The van der Waals surface area contributed by atoms with Gasteiger partial charge in [0.05, 0.1) is 17.8 Å². The first-order valence-electron chi connectivity index (χ1n) is 6.83. The third-order valence-electron chi connectivity index (χ3n) is 3.41. The highest BCUT2D eigenvalue weighted by atomic mass is 16.5. The molecule has 2 N–H and O–H groups in total. The fourth-order valence-corrected chi connectivity index (χ4v) is 1.42. The van der Waals surface area contributed by atoms with E-state index in [-0.39, 0.29) is 6.54 Å². The van der Waals surface area contributed by atoms with Gasteiger partial charge in [-0.3, -0.25) is 9.48 Å². The number of esters is 1. The number of aromatic nitrogens is 2. The zero-order chi connectivity index (χ0) is 16.3. The minimum Gasteiger partial charge on any atom is -0.465 e. The molecule has 0 aliphatic carbocycles.